The fraction of sp³-hybridized carbons (Fsp3) is 0.778. The van der Waals surface area contributed by atoms with E-state index in [1.807, 2.05) is 11.6 Å². The fourth-order valence-electron chi connectivity index (χ4n) is 4.22. The van der Waals surface area contributed by atoms with Gasteiger partial charge in [-0.1, -0.05) is 26.7 Å². The van der Waals surface area contributed by atoms with Gasteiger partial charge in [0.1, 0.15) is 0 Å². The minimum atomic E-state index is 0.210. The van der Waals surface area contributed by atoms with Gasteiger partial charge in [0.2, 0.25) is 0 Å². The largest absolute Gasteiger partial charge is 0.335 e. The van der Waals surface area contributed by atoms with Gasteiger partial charge in [0.05, 0.1) is 11.8 Å². The Morgan fingerprint density at radius 1 is 1.27 bits per heavy atom. The predicted molar refractivity (Wildman–Crippen MR) is 87.8 cm³/mol. The first-order valence-electron chi connectivity index (χ1n) is 8.91. The van der Waals surface area contributed by atoms with E-state index in [-0.39, 0.29) is 5.91 Å². The highest BCUT2D eigenvalue weighted by Crippen LogP contribution is 2.36. The summed E-state index contributed by atoms with van der Waals surface area (Å²) >= 11 is 0. The van der Waals surface area contributed by atoms with Crippen LogP contribution in [0.2, 0.25) is 0 Å². The summed E-state index contributed by atoms with van der Waals surface area (Å²) < 4.78 is 1.98. The molecule has 3 rings (SSSR count). The zero-order valence-electron chi connectivity index (χ0n) is 14.2. The molecule has 1 aliphatic heterocycles. The van der Waals surface area contributed by atoms with Gasteiger partial charge in [-0.15, -0.1) is 0 Å². The first-order valence-corrected chi connectivity index (χ1v) is 8.91. The Morgan fingerprint density at radius 2 is 2.00 bits per heavy atom. The van der Waals surface area contributed by atoms with Crippen molar-refractivity contribution in [3.8, 4) is 0 Å². The second-order valence-electron chi connectivity index (χ2n) is 7.47. The van der Waals surface area contributed by atoms with E-state index in [1.54, 1.807) is 6.20 Å². The highest BCUT2D eigenvalue weighted by molar-refractivity contribution is 5.95. The van der Waals surface area contributed by atoms with Gasteiger partial charge < -0.3 is 4.90 Å². The third-order valence-corrected chi connectivity index (χ3v) is 5.38. The van der Waals surface area contributed by atoms with E-state index in [9.17, 15) is 4.79 Å². The summed E-state index contributed by atoms with van der Waals surface area (Å²) in [7, 11) is 0. The molecule has 1 unspecified atom stereocenters. The number of hydrogen-bond acceptors (Lipinski definition) is 2. The molecule has 1 saturated carbocycles. The van der Waals surface area contributed by atoms with Gasteiger partial charge in [0, 0.05) is 24.8 Å². The van der Waals surface area contributed by atoms with Gasteiger partial charge in [-0.2, -0.15) is 5.10 Å². The van der Waals surface area contributed by atoms with E-state index >= 15 is 0 Å². The van der Waals surface area contributed by atoms with Crippen LogP contribution in [0.15, 0.2) is 6.20 Å². The van der Waals surface area contributed by atoms with Crippen molar-refractivity contribution in [3.05, 3.63) is 17.5 Å². The molecule has 2 heterocycles. The molecule has 22 heavy (non-hydrogen) atoms. The van der Waals surface area contributed by atoms with Crippen LogP contribution in [-0.2, 0) is 6.54 Å². The molecule has 1 aromatic heterocycles. The van der Waals surface area contributed by atoms with Crippen molar-refractivity contribution in [2.75, 3.05) is 6.54 Å². The summed E-state index contributed by atoms with van der Waals surface area (Å²) in [5, 5.41) is 4.44. The molecule has 0 spiro atoms. The van der Waals surface area contributed by atoms with Crippen molar-refractivity contribution in [2.45, 2.75) is 71.9 Å². The molecule has 2 fully saturated rings. The van der Waals surface area contributed by atoms with E-state index in [0.29, 0.717) is 12.0 Å². The Labute approximate surface area is 133 Å². The first-order chi connectivity index (χ1) is 10.6. The Balaban J connectivity index is 1.76. The van der Waals surface area contributed by atoms with Crippen LogP contribution in [0.3, 0.4) is 0 Å². The zero-order valence-corrected chi connectivity index (χ0v) is 14.2. The first kappa shape index (κ1) is 15.6. The Kier molecular flexibility index (Phi) is 4.55. The van der Waals surface area contributed by atoms with Gasteiger partial charge in [-0.05, 0) is 44.4 Å². The molecule has 0 aromatic carbocycles. The van der Waals surface area contributed by atoms with Crippen molar-refractivity contribution < 1.29 is 4.79 Å². The summed E-state index contributed by atoms with van der Waals surface area (Å²) in [4.78, 5) is 15.2. The van der Waals surface area contributed by atoms with Gasteiger partial charge in [0.25, 0.3) is 5.91 Å². The summed E-state index contributed by atoms with van der Waals surface area (Å²) in [6.45, 7) is 8.20. The maximum atomic E-state index is 13.0. The second kappa shape index (κ2) is 6.43. The standard InChI is InChI=1S/C18H29N3O/c1-13(2)12-21-14(3)16(11-19-21)18(22)20-10-6-9-17(20)15-7-4-5-8-15/h11,13,15,17H,4-10,12H2,1-3H3. The lowest BCUT2D eigenvalue weighted by molar-refractivity contribution is 0.0688. The van der Waals surface area contributed by atoms with Gasteiger partial charge in [-0.25, -0.2) is 0 Å². The number of hydrogen-bond donors (Lipinski definition) is 0. The van der Waals surface area contributed by atoms with Crippen LogP contribution >= 0.6 is 0 Å². The zero-order chi connectivity index (χ0) is 15.7. The summed E-state index contributed by atoms with van der Waals surface area (Å²) in [6, 6.07) is 0.475. The Morgan fingerprint density at radius 3 is 2.68 bits per heavy atom. The van der Waals surface area contributed by atoms with Gasteiger partial charge in [-0.3, -0.25) is 9.48 Å². The lowest BCUT2D eigenvalue weighted by Gasteiger charge is -2.29. The lowest BCUT2D eigenvalue weighted by atomic mass is 9.95. The van der Waals surface area contributed by atoms with Crippen molar-refractivity contribution in [1.82, 2.24) is 14.7 Å². The van der Waals surface area contributed by atoms with E-state index in [1.165, 1.54) is 32.1 Å². The van der Waals surface area contributed by atoms with E-state index in [4.69, 9.17) is 0 Å². The molecule has 1 aromatic rings. The quantitative estimate of drug-likeness (QED) is 0.851. The van der Waals surface area contributed by atoms with Gasteiger partial charge in [0.15, 0.2) is 0 Å². The average Bonchev–Trinajstić information content (AvgIpc) is 3.18. The average molecular weight is 303 g/mol. The summed E-state index contributed by atoms with van der Waals surface area (Å²) in [6.07, 6.45) is 9.43. The minimum Gasteiger partial charge on any atom is -0.335 e. The molecule has 1 atom stereocenters. The monoisotopic (exact) mass is 303 g/mol. The Bertz CT molecular complexity index is 528. The van der Waals surface area contributed by atoms with Crippen molar-refractivity contribution in [2.24, 2.45) is 11.8 Å². The third-order valence-electron chi connectivity index (χ3n) is 5.38. The van der Waals surface area contributed by atoms with Gasteiger partial charge >= 0.3 is 0 Å². The number of amides is 1. The minimum absolute atomic E-state index is 0.210. The molecule has 0 bridgehead atoms. The predicted octanol–water partition coefficient (Wildman–Crippen LogP) is 3.64. The van der Waals surface area contributed by atoms with Crippen molar-refractivity contribution in [3.63, 3.8) is 0 Å². The van der Waals surface area contributed by atoms with Crippen LogP contribution in [0.25, 0.3) is 0 Å². The van der Waals surface area contributed by atoms with Crippen LogP contribution in [0.5, 0.6) is 0 Å². The number of likely N-dealkylation sites (tertiary alicyclic amines) is 1. The van der Waals surface area contributed by atoms with Crippen LogP contribution < -0.4 is 0 Å². The molecule has 2 aliphatic rings. The number of carbonyl (C=O) groups is 1. The smallest absolute Gasteiger partial charge is 0.257 e. The van der Waals surface area contributed by atoms with E-state index < -0.39 is 0 Å². The molecule has 1 amide bonds. The molecule has 1 aliphatic carbocycles. The van der Waals surface area contributed by atoms with E-state index in [2.05, 4.69) is 23.8 Å². The molecule has 0 radical (unpaired) electrons. The van der Waals surface area contributed by atoms with Crippen molar-refractivity contribution >= 4 is 5.91 Å². The molecule has 122 valence electrons. The number of nitrogens with zero attached hydrogens (tertiary/aromatic N) is 3. The summed E-state index contributed by atoms with van der Waals surface area (Å²) in [5.74, 6) is 1.49. The van der Waals surface area contributed by atoms with Crippen molar-refractivity contribution in [1.29, 1.82) is 0 Å². The normalized spacial score (nSPS) is 22.9. The molecular formula is C18H29N3O. The third kappa shape index (κ3) is 2.92. The molecule has 1 saturated heterocycles. The van der Waals surface area contributed by atoms with Crippen LogP contribution in [0, 0.1) is 18.8 Å². The molecule has 4 nitrogen and oxygen atoms in total. The lowest BCUT2D eigenvalue weighted by Crippen LogP contribution is -2.39. The van der Waals surface area contributed by atoms with Crippen LogP contribution in [0.4, 0.5) is 0 Å². The fourth-order valence-corrected chi connectivity index (χ4v) is 4.22. The highest BCUT2D eigenvalue weighted by Gasteiger charge is 2.37. The van der Waals surface area contributed by atoms with Crippen LogP contribution in [0.1, 0.15) is 68.4 Å². The molecular weight excluding hydrogens is 274 g/mol. The molecule has 0 N–H and O–H groups in total. The number of rotatable bonds is 4. The summed E-state index contributed by atoms with van der Waals surface area (Å²) in [5.41, 5.74) is 1.83. The topological polar surface area (TPSA) is 38.1 Å². The maximum absolute atomic E-state index is 13.0. The van der Waals surface area contributed by atoms with E-state index in [0.717, 1.165) is 36.7 Å². The second-order valence-corrected chi connectivity index (χ2v) is 7.47. The molecule has 4 heteroatoms. The Hall–Kier alpha value is -1.32. The number of aromatic nitrogens is 2. The maximum Gasteiger partial charge on any atom is 0.257 e. The van der Waals surface area contributed by atoms with Crippen LogP contribution in [-0.4, -0.2) is 33.2 Å². The number of carbonyl (C=O) groups excluding carboxylic acids is 1. The highest BCUT2D eigenvalue weighted by atomic mass is 16.2. The SMILES string of the molecule is Cc1c(C(=O)N2CCCC2C2CCCC2)cnn1CC(C)C.